The molecule has 1 N–H and O–H groups in total. The van der Waals surface area contributed by atoms with Gasteiger partial charge >= 0.3 is 5.97 Å². The second kappa shape index (κ2) is 8.60. The molecule has 0 saturated carbocycles. The lowest BCUT2D eigenvalue weighted by molar-refractivity contribution is -0.133. The average Bonchev–Trinajstić information content (AvgIpc) is 2.11. The van der Waals surface area contributed by atoms with Crippen LogP contribution in [0.3, 0.4) is 0 Å². The fourth-order valence-electron chi connectivity index (χ4n) is 1.04. The van der Waals surface area contributed by atoms with Gasteiger partial charge in [0.2, 0.25) is 0 Å². The Balaban J connectivity index is 3.61. The van der Waals surface area contributed by atoms with Crippen molar-refractivity contribution >= 4 is 17.7 Å². The smallest absolute Gasteiger partial charge is 0.313 e. The lowest BCUT2D eigenvalue weighted by Gasteiger charge is -1.99. The predicted molar refractivity (Wildman–Crippen MR) is 67.4 cm³/mol. The molecule has 0 aliphatic rings. The van der Waals surface area contributed by atoms with Crippen molar-refractivity contribution in [3.63, 3.8) is 0 Å². The van der Waals surface area contributed by atoms with Crippen molar-refractivity contribution < 1.29 is 9.90 Å². The normalized spacial score (nSPS) is 11.3. The van der Waals surface area contributed by atoms with Gasteiger partial charge in [-0.2, -0.15) is 0 Å². The lowest BCUT2D eigenvalue weighted by Crippen LogP contribution is -1.98. The summed E-state index contributed by atoms with van der Waals surface area (Å²) in [5, 5.41) is 8.43. The van der Waals surface area contributed by atoms with Crippen LogP contribution >= 0.6 is 11.8 Å². The van der Waals surface area contributed by atoms with Crippen molar-refractivity contribution in [2.45, 2.75) is 33.6 Å². The Labute approximate surface area is 96.5 Å². The highest BCUT2D eigenvalue weighted by atomic mass is 32.2. The van der Waals surface area contributed by atoms with Crippen molar-refractivity contribution in [3.05, 3.63) is 23.3 Å². The van der Waals surface area contributed by atoms with Gasteiger partial charge in [0.1, 0.15) is 0 Å². The molecule has 0 fully saturated rings. The zero-order valence-corrected chi connectivity index (χ0v) is 10.6. The van der Waals surface area contributed by atoms with Gasteiger partial charge in [0.25, 0.3) is 0 Å². The van der Waals surface area contributed by atoms with Gasteiger partial charge in [-0.25, -0.2) is 0 Å². The van der Waals surface area contributed by atoms with E-state index in [2.05, 4.69) is 32.9 Å². The van der Waals surface area contributed by atoms with E-state index in [1.165, 1.54) is 22.9 Å². The van der Waals surface area contributed by atoms with Crippen molar-refractivity contribution in [2.75, 3.05) is 11.5 Å². The number of hydrogen-bond acceptors (Lipinski definition) is 2. The van der Waals surface area contributed by atoms with E-state index < -0.39 is 5.97 Å². The third kappa shape index (κ3) is 11.2. The van der Waals surface area contributed by atoms with Crippen molar-refractivity contribution in [1.82, 2.24) is 0 Å². The van der Waals surface area contributed by atoms with Crippen LogP contribution in [0.5, 0.6) is 0 Å². The van der Waals surface area contributed by atoms with Gasteiger partial charge in [0.15, 0.2) is 0 Å². The van der Waals surface area contributed by atoms with E-state index in [1.54, 1.807) is 0 Å². The summed E-state index contributed by atoms with van der Waals surface area (Å²) in [7, 11) is 0. The summed E-state index contributed by atoms with van der Waals surface area (Å²) in [4.78, 5) is 10.2. The summed E-state index contributed by atoms with van der Waals surface area (Å²) in [5.41, 5.74) is 2.69. The minimum absolute atomic E-state index is 0.192. The van der Waals surface area contributed by atoms with Crippen LogP contribution in [0.1, 0.15) is 33.6 Å². The highest BCUT2D eigenvalue weighted by molar-refractivity contribution is 8.00. The maximum atomic E-state index is 10.2. The van der Waals surface area contributed by atoms with Crippen LogP contribution in [-0.2, 0) is 4.79 Å². The quantitative estimate of drug-likeness (QED) is 0.535. The highest BCUT2D eigenvalue weighted by Gasteiger charge is 1.95. The van der Waals surface area contributed by atoms with Crippen LogP contribution in [0, 0.1) is 0 Å². The van der Waals surface area contributed by atoms with E-state index in [9.17, 15) is 4.79 Å². The van der Waals surface area contributed by atoms with Crippen LogP contribution in [-0.4, -0.2) is 22.6 Å². The number of carbonyl (C=O) groups is 1. The maximum Gasteiger partial charge on any atom is 0.313 e. The number of carboxylic acid groups (broad SMARTS) is 1. The monoisotopic (exact) mass is 228 g/mol. The number of aliphatic carboxylic acids is 1. The lowest BCUT2D eigenvalue weighted by atomic mass is 10.1. The molecule has 0 rings (SSSR count). The van der Waals surface area contributed by atoms with E-state index in [0.29, 0.717) is 0 Å². The van der Waals surface area contributed by atoms with Crippen LogP contribution in [0.25, 0.3) is 0 Å². The van der Waals surface area contributed by atoms with Crippen molar-refractivity contribution in [3.8, 4) is 0 Å². The molecular weight excluding hydrogens is 208 g/mol. The van der Waals surface area contributed by atoms with E-state index in [4.69, 9.17) is 5.11 Å². The van der Waals surface area contributed by atoms with Gasteiger partial charge in [0, 0.05) is 5.75 Å². The zero-order valence-electron chi connectivity index (χ0n) is 9.75. The molecular formula is C12H20O2S. The van der Waals surface area contributed by atoms with Crippen LogP contribution < -0.4 is 0 Å². The summed E-state index contributed by atoms with van der Waals surface area (Å²) in [6.07, 6.45) is 6.49. The van der Waals surface area contributed by atoms with Gasteiger partial charge in [-0.3, -0.25) is 4.79 Å². The van der Waals surface area contributed by atoms with Crippen molar-refractivity contribution in [2.24, 2.45) is 0 Å². The molecule has 2 nitrogen and oxygen atoms in total. The Kier molecular flexibility index (Phi) is 8.19. The van der Waals surface area contributed by atoms with E-state index in [-0.39, 0.29) is 5.75 Å². The van der Waals surface area contributed by atoms with Gasteiger partial charge < -0.3 is 5.11 Å². The fraction of sp³-hybridized carbons (Fsp3) is 0.583. The standard InChI is InChI=1S/C12H20O2S/c1-10(2)5-4-6-11(3)7-8-15-9-12(13)14/h5,7H,4,6,8-9H2,1-3H3,(H,13,14). The molecule has 0 bridgehead atoms. The molecule has 3 heteroatoms. The molecule has 86 valence electrons. The molecule has 0 heterocycles. The second-order valence-electron chi connectivity index (χ2n) is 3.78. The first kappa shape index (κ1) is 14.3. The average molecular weight is 228 g/mol. The molecule has 0 aliphatic carbocycles. The molecule has 0 aromatic carbocycles. The van der Waals surface area contributed by atoms with Gasteiger partial charge in [-0.15, -0.1) is 11.8 Å². The van der Waals surface area contributed by atoms with Gasteiger partial charge in [-0.05, 0) is 33.6 Å². The number of allylic oxidation sites excluding steroid dienone is 3. The molecule has 0 unspecified atom stereocenters. The predicted octanol–water partition coefficient (Wildman–Crippen LogP) is 3.50. The highest BCUT2D eigenvalue weighted by Crippen LogP contribution is 2.09. The molecule has 15 heavy (non-hydrogen) atoms. The molecule has 0 aliphatic heterocycles. The van der Waals surface area contributed by atoms with E-state index in [0.717, 1.165) is 18.6 Å². The first-order valence-electron chi connectivity index (χ1n) is 5.11. The molecule has 0 saturated heterocycles. The largest absolute Gasteiger partial charge is 0.481 e. The minimum Gasteiger partial charge on any atom is -0.481 e. The fourth-order valence-corrected chi connectivity index (χ4v) is 1.73. The summed E-state index contributed by atoms with van der Waals surface area (Å²) in [5.74, 6) is 0.251. The van der Waals surface area contributed by atoms with Crippen molar-refractivity contribution in [1.29, 1.82) is 0 Å². The number of hydrogen-bond donors (Lipinski definition) is 1. The van der Waals surface area contributed by atoms with Gasteiger partial charge in [-0.1, -0.05) is 23.3 Å². The summed E-state index contributed by atoms with van der Waals surface area (Å²) in [6.45, 7) is 6.30. The first-order valence-corrected chi connectivity index (χ1v) is 6.26. The first-order chi connectivity index (χ1) is 7.02. The third-order valence-corrected chi connectivity index (χ3v) is 2.72. The summed E-state index contributed by atoms with van der Waals surface area (Å²) < 4.78 is 0. The molecule has 0 atom stereocenters. The van der Waals surface area contributed by atoms with Gasteiger partial charge in [0.05, 0.1) is 5.75 Å². The topological polar surface area (TPSA) is 37.3 Å². The van der Waals surface area contributed by atoms with Crippen LogP contribution in [0.2, 0.25) is 0 Å². The van der Waals surface area contributed by atoms with Crippen LogP contribution in [0.15, 0.2) is 23.3 Å². The van der Waals surface area contributed by atoms with E-state index in [1.807, 2.05) is 0 Å². The van der Waals surface area contributed by atoms with Crippen LogP contribution in [0.4, 0.5) is 0 Å². The summed E-state index contributed by atoms with van der Waals surface area (Å²) >= 11 is 1.44. The number of carboxylic acids is 1. The molecule has 0 radical (unpaired) electrons. The Bertz CT molecular complexity index is 250. The second-order valence-corrected chi connectivity index (χ2v) is 4.81. The maximum absolute atomic E-state index is 10.2. The summed E-state index contributed by atoms with van der Waals surface area (Å²) in [6, 6.07) is 0. The van der Waals surface area contributed by atoms with E-state index >= 15 is 0 Å². The number of thioether (sulfide) groups is 1. The Morgan fingerprint density at radius 2 is 1.93 bits per heavy atom. The molecule has 0 amide bonds. The Hall–Kier alpha value is -0.700. The Morgan fingerprint density at radius 1 is 1.27 bits per heavy atom. The molecule has 0 aromatic heterocycles. The number of rotatable bonds is 7. The Morgan fingerprint density at radius 3 is 2.47 bits per heavy atom. The third-order valence-electron chi connectivity index (χ3n) is 1.87. The molecule has 0 spiro atoms. The molecule has 0 aromatic rings. The zero-order chi connectivity index (χ0) is 11.7. The SMILES string of the molecule is CC(C)=CCCC(C)=CCSCC(=O)O. The minimum atomic E-state index is -0.740.